The predicted octanol–water partition coefficient (Wildman–Crippen LogP) is 5.06. The molecule has 0 aliphatic heterocycles. The lowest BCUT2D eigenvalue weighted by molar-refractivity contribution is -0.127. The highest BCUT2D eigenvalue weighted by Crippen LogP contribution is 2.45. The van der Waals surface area contributed by atoms with Crippen molar-refractivity contribution < 1.29 is 9.90 Å². The second kappa shape index (κ2) is 9.07. The van der Waals surface area contributed by atoms with Crippen LogP contribution in [0.15, 0.2) is 36.7 Å². The average Bonchev–Trinajstić information content (AvgIpc) is 3.24. The molecule has 1 fully saturated rings. The normalized spacial score (nSPS) is 23.0. The summed E-state index contributed by atoms with van der Waals surface area (Å²) in [6.45, 7) is 10.4. The smallest absolute Gasteiger partial charge is 0.227 e. The van der Waals surface area contributed by atoms with E-state index in [0.717, 1.165) is 27.4 Å². The molecule has 8 heteroatoms. The third-order valence-corrected chi connectivity index (χ3v) is 7.77. The number of nitrogens with zero attached hydrogens (tertiary/aromatic N) is 3. The van der Waals surface area contributed by atoms with E-state index in [1.54, 1.807) is 6.20 Å². The number of thiazole rings is 1. The number of carbonyl (C=O) groups excluding carboxylic acids is 1. The second-order valence-corrected chi connectivity index (χ2v) is 11.5. The Labute approximate surface area is 204 Å². The van der Waals surface area contributed by atoms with Gasteiger partial charge in [-0.1, -0.05) is 33.8 Å². The van der Waals surface area contributed by atoms with Crippen LogP contribution in [0.25, 0.3) is 10.4 Å². The molecule has 1 amide bonds. The lowest BCUT2D eigenvalue weighted by Gasteiger charge is -2.37. The summed E-state index contributed by atoms with van der Waals surface area (Å²) in [6.07, 6.45) is 5.14. The number of nitrogens with one attached hydrogen (secondary N) is 1. The van der Waals surface area contributed by atoms with Gasteiger partial charge in [-0.05, 0) is 61.4 Å². The molecule has 3 unspecified atom stereocenters. The quantitative estimate of drug-likeness (QED) is 0.471. The van der Waals surface area contributed by atoms with Crippen molar-refractivity contribution in [1.82, 2.24) is 15.0 Å². The number of anilines is 2. The van der Waals surface area contributed by atoms with Crippen LogP contribution in [0.2, 0.25) is 0 Å². The summed E-state index contributed by atoms with van der Waals surface area (Å²) < 4.78 is 0. The van der Waals surface area contributed by atoms with E-state index in [0.29, 0.717) is 30.2 Å². The molecule has 1 aliphatic rings. The average molecular weight is 480 g/mol. The van der Waals surface area contributed by atoms with Crippen LogP contribution in [0, 0.1) is 18.8 Å². The maximum Gasteiger partial charge on any atom is 0.227 e. The van der Waals surface area contributed by atoms with E-state index in [9.17, 15) is 9.90 Å². The molecule has 3 aromatic rings. The van der Waals surface area contributed by atoms with Crippen molar-refractivity contribution in [1.29, 1.82) is 0 Å². The van der Waals surface area contributed by atoms with Gasteiger partial charge in [0.2, 0.25) is 11.9 Å². The van der Waals surface area contributed by atoms with Gasteiger partial charge in [0.25, 0.3) is 0 Å². The van der Waals surface area contributed by atoms with Gasteiger partial charge in [0.05, 0.1) is 10.6 Å². The van der Waals surface area contributed by atoms with E-state index in [-0.39, 0.29) is 23.2 Å². The fourth-order valence-corrected chi connectivity index (χ4v) is 5.69. The van der Waals surface area contributed by atoms with Crippen molar-refractivity contribution >= 4 is 28.9 Å². The largest absolute Gasteiger partial charge is 0.383 e. The first-order chi connectivity index (χ1) is 15.9. The Balaban J connectivity index is 1.57. The first kappa shape index (κ1) is 24.3. The minimum Gasteiger partial charge on any atom is -0.383 e. The number of primary amides is 1. The zero-order valence-corrected chi connectivity index (χ0v) is 21.2. The first-order valence-electron chi connectivity index (χ1n) is 11.7. The number of nitrogens with two attached hydrogens (primary N) is 1. The zero-order valence-electron chi connectivity index (χ0n) is 20.4. The van der Waals surface area contributed by atoms with Crippen LogP contribution in [-0.4, -0.2) is 26.0 Å². The van der Waals surface area contributed by atoms with Crippen molar-refractivity contribution in [2.24, 2.45) is 17.6 Å². The molecule has 2 heterocycles. The molecule has 2 aromatic heterocycles. The van der Waals surface area contributed by atoms with Gasteiger partial charge in [-0.15, -0.1) is 11.3 Å². The molecule has 1 aromatic carbocycles. The summed E-state index contributed by atoms with van der Waals surface area (Å²) in [5.74, 6) is 0.0982. The highest BCUT2D eigenvalue weighted by Gasteiger charge is 2.42. The lowest BCUT2D eigenvalue weighted by Crippen LogP contribution is -2.40. The van der Waals surface area contributed by atoms with Crippen LogP contribution in [0.3, 0.4) is 0 Å². The number of hydrogen-bond acceptors (Lipinski definition) is 7. The molecule has 34 heavy (non-hydrogen) atoms. The fraction of sp³-hybridized carbons (Fsp3) is 0.462. The third kappa shape index (κ3) is 5.13. The minimum absolute atomic E-state index is 0.0160. The van der Waals surface area contributed by atoms with Crippen molar-refractivity contribution in [3.8, 4) is 10.4 Å². The standard InChI is InChI=1S/C26H33N5O2S/c1-15-10-17(12-18(11-15)30-24-28-9-7-21(31-24)25(3,4)5)20-14-29-23(34-20)26(33)8-6-19(22(27)32)16(2)13-26/h7,9-12,14,16,19,33H,6,8,13H2,1-5H3,(H2,27,32)(H,28,30,31). The topological polar surface area (TPSA) is 114 Å². The predicted molar refractivity (Wildman–Crippen MR) is 136 cm³/mol. The number of aromatic nitrogens is 3. The van der Waals surface area contributed by atoms with Gasteiger partial charge in [0.1, 0.15) is 10.6 Å². The number of carbonyl (C=O) groups is 1. The van der Waals surface area contributed by atoms with Crippen molar-refractivity contribution in [2.45, 2.75) is 64.9 Å². The molecular weight excluding hydrogens is 446 g/mol. The van der Waals surface area contributed by atoms with E-state index in [2.05, 4.69) is 53.2 Å². The number of benzene rings is 1. The Kier molecular flexibility index (Phi) is 6.48. The highest BCUT2D eigenvalue weighted by molar-refractivity contribution is 7.15. The maximum atomic E-state index is 11.7. The molecule has 0 radical (unpaired) electrons. The monoisotopic (exact) mass is 479 g/mol. The summed E-state index contributed by atoms with van der Waals surface area (Å²) in [5, 5.41) is 15.4. The van der Waals surface area contributed by atoms with Gasteiger partial charge in [-0.25, -0.2) is 15.0 Å². The third-order valence-electron chi connectivity index (χ3n) is 6.53. The van der Waals surface area contributed by atoms with Gasteiger partial charge in [0.15, 0.2) is 0 Å². The number of rotatable bonds is 5. The van der Waals surface area contributed by atoms with Crippen LogP contribution in [0.1, 0.15) is 63.2 Å². The lowest BCUT2D eigenvalue weighted by atomic mass is 9.72. The first-order valence-corrected chi connectivity index (χ1v) is 12.5. The van der Waals surface area contributed by atoms with Crippen LogP contribution in [0.4, 0.5) is 11.6 Å². The number of hydrogen-bond donors (Lipinski definition) is 3. The Morgan fingerprint density at radius 3 is 2.71 bits per heavy atom. The van der Waals surface area contributed by atoms with Crippen molar-refractivity contribution in [3.05, 3.63) is 52.9 Å². The summed E-state index contributed by atoms with van der Waals surface area (Å²) >= 11 is 1.50. The van der Waals surface area contributed by atoms with Gasteiger partial charge in [-0.3, -0.25) is 4.79 Å². The van der Waals surface area contributed by atoms with E-state index in [4.69, 9.17) is 5.73 Å². The van der Waals surface area contributed by atoms with E-state index < -0.39 is 5.60 Å². The molecule has 1 saturated carbocycles. The Hall–Kier alpha value is -2.84. The minimum atomic E-state index is -1.03. The van der Waals surface area contributed by atoms with E-state index in [1.807, 2.05) is 32.2 Å². The molecule has 4 rings (SSSR count). The van der Waals surface area contributed by atoms with Crippen LogP contribution >= 0.6 is 11.3 Å². The fourth-order valence-electron chi connectivity index (χ4n) is 4.66. The summed E-state index contributed by atoms with van der Waals surface area (Å²) in [7, 11) is 0. The molecular formula is C26H33N5O2S. The van der Waals surface area contributed by atoms with Crippen LogP contribution in [0.5, 0.6) is 0 Å². The van der Waals surface area contributed by atoms with Crippen LogP contribution in [-0.2, 0) is 15.8 Å². The SMILES string of the molecule is Cc1cc(Nc2nccc(C(C)(C)C)n2)cc(-c2cnc(C3(O)CCC(C(N)=O)C(C)C3)s2)c1. The molecule has 7 nitrogen and oxygen atoms in total. The number of amides is 1. The maximum absolute atomic E-state index is 11.7. The van der Waals surface area contributed by atoms with Crippen molar-refractivity contribution in [2.75, 3.05) is 5.32 Å². The van der Waals surface area contributed by atoms with Gasteiger partial charge in [-0.2, -0.15) is 0 Å². The highest BCUT2D eigenvalue weighted by atomic mass is 32.1. The number of aliphatic hydroxyl groups is 1. The molecule has 3 atom stereocenters. The van der Waals surface area contributed by atoms with Crippen molar-refractivity contribution in [3.63, 3.8) is 0 Å². The molecule has 0 saturated heterocycles. The summed E-state index contributed by atoms with van der Waals surface area (Å²) in [5.41, 5.74) is 8.41. The summed E-state index contributed by atoms with van der Waals surface area (Å²) in [6, 6.07) is 8.15. The Morgan fingerprint density at radius 1 is 1.26 bits per heavy atom. The Morgan fingerprint density at radius 2 is 2.03 bits per heavy atom. The number of aryl methyl sites for hydroxylation is 1. The van der Waals surface area contributed by atoms with Gasteiger partial charge in [0, 0.05) is 29.4 Å². The molecule has 4 N–H and O–H groups in total. The molecule has 0 spiro atoms. The molecule has 0 bridgehead atoms. The van der Waals surface area contributed by atoms with E-state index in [1.165, 1.54) is 11.3 Å². The Bertz CT molecular complexity index is 1200. The van der Waals surface area contributed by atoms with Gasteiger partial charge >= 0.3 is 0 Å². The zero-order chi connectivity index (χ0) is 24.7. The molecule has 180 valence electrons. The van der Waals surface area contributed by atoms with Gasteiger partial charge < -0.3 is 16.2 Å². The molecule has 1 aliphatic carbocycles. The summed E-state index contributed by atoms with van der Waals surface area (Å²) in [4.78, 5) is 26.3. The van der Waals surface area contributed by atoms with E-state index >= 15 is 0 Å². The second-order valence-electron chi connectivity index (χ2n) is 10.5. The van der Waals surface area contributed by atoms with Crippen LogP contribution < -0.4 is 11.1 Å².